The average Bonchev–Trinajstić information content (AvgIpc) is 3.67. The van der Waals surface area contributed by atoms with Crippen LogP contribution in [0.1, 0.15) is 17.5 Å². The molecule has 0 radical (unpaired) electrons. The van der Waals surface area contributed by atoms with E-state index >= 15 is 0 Å². The Balaban J connectivity index is 1.55. The Morgan fingerprint density at radius 2 is 0.927 bits per heavy atom. The van der Waals surface area contributed by atoms with Crippen molar-refractivity contribution in [3.05, 3.63) is 168 Å². The van der Waals surface area contributed by atoms with Crippen LogP contribution in [0, 0.1) is 11.3 Å². The van der Waals surface area contributed by atoms with Crippen molar-refractivity contribution in [3.63, 3.8) is 0 Å². The molecule has 41 heavy (non-hydrogen) atoms. The lowest BCUT2D eigenvalue weighted by atomic mass is 9.76. The smallest absolute Gasteiger partial charge is 0.0216 e. The number of benzene rings is 5. The lowest BCUT2D eigenvalue weighted by Crippen LogP contribution is -2.10. The number of hydrogen-bond donors (Lipinski definition) is 0. The Kier molecular flexibility index (Phi) is 4.75. The highest BCUT2D eigenvalue weighted by Crippen LogP contribution is 2.71. The summed E-state index contributed by atoms with van der Waals surface area (Å²) in [6.07, 6.45) is 13.3. The van der Waals surface area contributed by atoms with Crippen LogP contribution in [0.25, 0.3) is 55.7 Å². The van der Waals surface area contributed by atoms with Gasteiger partial charge in [-0.1, -0.05) is 152 Å². The lowest BCUT2D eigenvalue weighted by molar-refractivity contribution is 0.751. The number of rotatable bonds is 4. The molecular formula is C41H28. The zero-order valence-corrected chi connectivity index (χ0v) is 22.7. The van der Waals surface area contributed by atoms with Crippen LogP contribution in [0.4, 0.5) is 0 Å². The van der Waals surface area contributed by atoms with Gasteiger partial charge in [0.05, 0.1) is 0 Å². The van der Waals surface area contributed by atoms with E-state index < -0.39 is 0 Å². The molecule has 2 unspecified atom stereocenters. The highest BCUT2D eigenvalue weighted by molar-refractivity contribution is 6.19. The quantitative estimate of drug-likeness (QED) is 0.221. The van der Waals surface area contributed by atoms with Crippen LogP contribution in [0.15, 0.2) is 157 Å². The Bertz CT molecular complexity index is 1970. The minimum absolute atomic E-state index is 0.148. The van der Waals surface area contributed by atoms with E-state index in [9.17, 15) is 0 Å². The second-order valence-electron chi connectivity index (χ2n) is 11.7. The molecule has 0 nitrogen and oxygen atoms in total. The topological polar surface area (TPSA) is 0 Å². The van der Waals surface area contributed by atoms with Crippen molar-refractivity contribution >= 4 is 11.1 Å². The zero-order chi connectivity index (χ0) is 27.0. The van der Waals surface area contributed by atoms with Crippen molar-refractivity contribution in [2.24, 2.45) is 11.3 Å². The second kappa shape index (κ2) is 8.53. The van der Waals surface area contributed by atoms with Crippen LogP contribution in [0.3, 0.4) is 0 Å². The van der Waals surface area contributed by atoms with Gasteiger partial charge in [0.1, 0.15) is 0 Å². The van der Waals surface area contributed by atoms with E-state index in [-0.39, 0.29) is 5.41 Å². The van der Waals surface area contributed by atoms with Crippen LogP contribution in [0.5, 0.6) is 0 Å². The predicted molar refractivity (Wildman–Crippen MR) is 172 cm³/mol. The van der Waals surface area contributed by atoms with Crippen LogP contribution >= 0.6 is 0 Å². The number of fused-ring (bicyclic) bond motifs is 3. The maximum absolute atomic E-state index is 2.48. The fourth-order valence-electron chi connectivity index (χ4n) is 7.73. The number of allylic oxidation sites excluding steroid dienone is 8. The average molecular weight is 521 g/mol. The summed E-state index contributed by atoms with van der Waals surface area (Å²) in [6.45, 7) is 0. The van der Waals surface area contributed by atoms with Gasteiger partial charge in [0.15, 0.2) is 0 Å². The summed E-state index contributed by atoms with van der Waals surface area (Å²) in [5.41, 5.74) is 17.6. The molecule has 0 N–H and O–H groups in total. The maximum Gasteiger partial charge on any atom is 0.0216 e. The van der Waals surface area contributed by atoms with Gasteiger partial charge in [0.2, 0.25) is 0 Å². The zero-order valence-electron chi connectivity index (χ0n) is 22.7. The van der Waals surface area contributed by atoms with Gasteiger partial charge in [0, 0.05) is 5.41 Å². The Morgan fingerprint density at radius 1 is 0.488 bits per heavy atom. The molecule has 0 heterocycles. The van der Waals surface area contributed by atoms with Crippen molar-refractivity contribution in [2.45, 2.75) is 6.42 Å². The second-order valence-corrected chi connectivity index (χ2v) is 11.7. The molecule has 0 bridgehead atoms. The van der Waals surface area contributed by atoms with E-state index in [4.69, 9.17) is 0 Å². The Labute approximate surface area is 241 Å². The third-order valence-corrected chi connectivity index (χ3v) is 9.50. The Morgan fingerprint density at radius 3 is 1.41 bits per heavy atom. The van der Waals surface area contributed by atoms with Crippen molar-refractivity contribution in [2.75, 3.05) is 0 Å². The molecule has 9 rings (SSSR count). The minimum Gasteiger partial charge on any atom is -0.0795 e. The van der Waals surface area contributed by atoms with Gasteiger partial charge in [-0.3, -0.25) is 0 Å². The molecule has 1 fully saturated rings. The van der Waals surface area contributed by atoms with Crippen molar-refractivity contribution < 1.29 is 0 Å². The largest absolute Gasteiger partial charge is 0.0795 e. The van der Waals surface area contributed by atoms with Crippen LogP contribution in [-0.4, -0.2) is 0 Å². The molecule has 0 amide bonds. The summed E-state index contributed by atoms with van der Waals surface area (Å²) in [7, 11) is 0. The van der Waals surface area contributed by atoms with E-state index in [1.165, 1.54) is 73.2 Å². The van der Waals surface area contributed by atoms with E-state index in [1.807, 2.05) is 0 Å². The van der Waals surface area contributed by atoms with Gasteiger partial charge in [0.25, 0.3) is 0 Å². The lowest BCUT2D eigenvalue weighted by Gasteiger charge is -2.27. The van der Waals surface area contributed by atoms with Crippen LogP contribution in [-0.2, 0) is 0 Å². The molecule has 1 spiro atoms. The summed E-state index contributed by atoms with van der Waals surface area (Å²) >= 11 is 0. The molecule has 4 aliphatic carbocycles. The minimum atomic E-state index is 0.148. The molecule has 0 aromatic heterocycles. The molecule has 192 valence electrons. The highest BCUT2D eigenvalue weighted by atomic mass is 14.6. The molecule has 0 saturated heterocycles. The normalized spacial score (nSPS) is 20.8. The third kappa shape index (κ3) is 3.16. The molecular weight excluding hydrogens is 492 g/mol. The van der Waals surface area contributed by atoms with Gasteiger partial charge in [-0.25, -0.2) is 0 Å². The van der Waals surface area contributed by atoms with Crippen LogP contribution < -0.4 is 0 Å². The SMILES string of the molecule is C1=CC23CC2C=CC2=C3C(=C1)c1c2c(-c2ccccc2)c(-c2ccccc2)c(-c2ccccc2)c1-c1ccccc1. The summed E-state index contributed by atoms with van der Waals surface area (Å²) < 4.78 is 0. The fourth-order valence-corrected chi connectivity index (χ4v) is 7.73. The van der Waals surface area contributed by atoms with Crippen molar-refractivity contribution in [3.8, 4) is 44.5 Å². The third-order valence-electron chi connectivity index (χ3n) is 9.50. The summed E-state index contributed by atoms with van der Waals surface area (Å²) in [4.78, 5) is 0. The van der Waals surface area contributed by atoms with E-state index in [1.54, 1.807) is 5.57 Å². The molecule has 2 atom stereocenters. The maximum atomic E-state index is 2.48. The summed E-state index contributed by atoms with van der Waals surface area (Å²) in [5.74, 6) is 0.609. The summed E-state index contributed by atoms with van der Waals surface area (Å²) in [6, 6.07) is 44.2. The first-order chi connectivity index (χ1) is 20.4. The van der Waals surface area contributed by atoms with E-state index in [2.05, 4.69) is 152 Å². The highest BCUT2D eigenvalue weighted by Gasteiger charge is 2.59. The van der Waals surface area contributed by atoms with E-state index in [0.29, 0.717) is 5.92 Å². The first-order valence-electron chi connectivity index (χ1n) is 14.6. The van der Waals surface area contributed by atoms with Gasteiger partial charge < -0.3 is 0 Å². The van der Waals surface area contributed by atoms with Gasteiger partial charge in [-0.05, 0) is 84.7 Å². The van der Waals surface area contributed by atoms with Crippen molar-refractivity contribution in [1.82, 2.24) is 0 Å². The van der Waals surface area contributed by atoms with Crippen LogP contribution in [0.2, 0.25) is 0 Å². The first-order valence-corrected chi connectivity index (χ1v) is 14.6. The first kappa shape index (κ1) is 22.8. The fraction of sp³-hybridized carbons (Fsp3) is 0.0732. The number of hydrogen-bond acceptors (Lipinski definition) is 0. The molecule has 0 heteroatoms. The van der Waals surface area contributed by atoms with Gasteiger partial charge in [-0.15, -0.1) is 0 Å². The summed E-state index contributed by atoms with van der Waals surface area (Å²) in [5, 5.41) is 0. The van der Waals surface area contributed by atoms with Gasteiger partial charge >= 0.3 is 0 Å². The molecule has 1 saturated carbocycles. The molecule has 5 aromatic carbocycles. The van der Waals surface area contributed by atoms with E-state index in [0.717, 1.165) is 0 Å². The molecule has 4 aliphatic rings. The standard InChI is InChI=1S/C41H28/c1-5-14-27(15-6-1)34-35(28-16-7-2-8-17-28)37(30-20-11-4-12-21-30)39-33-24-23-31-26-41(31)25-13-22-32(40(33)41)38(39)36(34)29-18-9-3-10-19-29/h1-25,31H,26H2. The van der Waals surface area contributed by atoms with Crippen molar-refractivity contribution in [1.29, 1.82) is 0 Å². The predicted octanol–water partition coefficient (Wildman–Crippen LogP) is 10.7. The van der Waals surface area contributed by atoms with Gasteiger partial charge in [-0.2, -0.15) is 0 Å². The Hall–Kier alpha value is -4.94. The molecule has 5 aromatic rings. The molecule has 0 aliphatic heterocycles. The monoisotopic (exact) mass is 520 g/mol.